The Morgan fingerprint density at radius 2 is 1.45 bits per heavy atom. The van der Waals surface area contributed by atoms with Crippen molar-refractivity contribution in [2.24, 2.45) is 0 Å². The molecule has 3 heteroatoms. The standard InChI is InChI=1S/C26H40N2O/c1-4-7-8-9-10-11-12-13-22-14-19-26(29)23(20-22)21-27-24-15-17-25(18-16-24)28(5-2)6-3/h14-20,27,29H,4-13,21H2,1-3H3. The van der Waals surface area contributed by atoms with E-state index in [1.54, 1.807) is 0 Å². The Kier molecular flexibility index (Phi) is 10.5. The molecule has 0 aliphatic heterocycles. The molecule has 0 amide bonds. The van der Waals surface area contributed by atoms with E-state index in [2.05, 4.69) is 67.4 Å². The lowest BCUT2D eigenvalue weighted by atomic mass is 10.0. The van der Waals surface area contributed by atoms with Gasteiger partial charge in [-0.15, -0.1) is 0 Å². The van der Waals surface area contributed by atoms with Crippen LogP contribution in [0.15, 0.2) is 42.5 Å². The quantitative estimate of drug-likeness (QED) is 0.333. The van der Waals surface area contributed by atoms with Crippen molar-refractivity contribution in [1.82, 2.24) is 0 Å². The molecule has 0 bridgehead atoms. The minimum atomic E-state index is 0.376. The second-order valence-corrected chi connectivity index (χ2v) is 7.91. The Morgan fingerprint density at radius 1 is 0.793 bits per heavy atom. The Balaban J connectivity index is 1.82. The van der Waals surface area contributed by atoms with Gasteiger partial charge < -0.3 is 15.3 Å². The Bertz CT molecular complexity index is 692. The zero-order valence-corrected chi connectivity index (χ0v) is 18.7. The topological polar surface area (TPSA) is 35.5 Å². The maximum atomic E-state index is 10.2. The molecule has 0 aliphatic rings. The summed E-state index contributed by atoms with van der Waals surface area (Å²) in [5, 5.41) is 13.7. The smallest absolute Gasteiger partial charge is 0.120 e. The van der Waals surface area contributed by atoms with Crippen molar-refractivity contribution in [3.05, 3.63) is 53.6 Å². The lowest BCUT2D eigenvalue weighted by Gasteiger charge is -2.21. The van der Waals surface area contributed by atoms with E-state index in [-0.39, 0.29) is 0 Å². The number of phenolic OH excluding ortho intramolecular Hbond substituents is 1. The minimum Gasteiger partial charge on any atom is -0.508 e. The van der Waals surface area contributed by atoms with Crippen LogP contribution in [-0.4, -0.2) is 18.2 Å². The third kappa shape index (κ3) is 8.00. The Labute approximate surface area is 178 Å². The summed E-state index contributed by atoms with van der Waals surface area (Å²) in [6.45, 7) is 9.29. The number of phenols is 1. The highest BCUT2D eigenvalue weighted by atomic mass is 16.3. The third-order valence-corrected chi connectivity index (χ3v) is 5.69. The van der Waals surface area contributed by atoms with E-state index in [0.29, 0.717) is 12.3 Å². The fourth-order valence-corrected chi connectivity index (χ4v) is 3.80. The molecule has 0 saturated heterocycles. The number of anilines is 2. The highest BCUT2D eigenvalue weighted by Crippen LogP contribution is 2.23. The first-order valence-corrected chi connectivity index (χ1v) is 11.6. The number of unbranched alkanes of at least 4 members (excludes halogenated alkanes) is 6. The zero-order valence-electron chi connectivity index (χ0n) is 18.7. The van der Waals surface area contributed by atoms with Gasteiger partial charge in [0, 0.05) is 36.6 Å². The molecule has 0 heterocycles. The second kappa shape index (κ2) is 13.1. The average Bonchev–Trinajstić information content (AvgIpc) is 2.75. The minimum absolute atomic E-state index is 0.376. The van der Waals surface area contributed by atoms with E-state index in [4.69, 9.17) is 0 Å². The summed E-state index contributed by atoms with van der Waals surface area (Å²) in [5.74, 6) is 0.376. The lowest BCUT2D eigenvalue weighted by molar-refractivity contribution is 0.468. The number of aromatic hydroxyl groups is 1. The predicted octanol–water partition coefficient (Wildman–Crippen LogP) is 7.14. The molecule has 160 valence electrons. The Morgan fingerprint density at radius 3 is 2.10 bits per heavy atom. The average molecular weight is 397 g/mol. The van der Waals surface area contributed by atoms with Crippen molar-refractivity contribution in [3.8, 4) is 5.75 Å². The van der Waals surface area contributed by atoms with E-state index in [0.717, 1.165) is 30.8 Å². The summed E-state index contributed by atoms with van der Waals surface area (Å²) in [5.41, 5.74) is 4.63. The van der Waals surface area contributed by atoms with Gasteiger partial charge in [-0.2, -0.15) is 0 Å². The molecule has 2 aromatic carbocycles. The first kappa shape index (κ1) is 23.1. The number of nitrogens with zero attached hydrogens (tertiary/aromatic N) is 1. The van der Waals surface area contributed by atoms with Crippen LogP contribution >= 0.6 is 0 Å². The fourth-order valence-electron chi connectivity index (χ4n) is 3.80. The molecule has 0 aliphatic carbocycles. The normalized spacial score (nSPS) is 10.9. The van der Waals surface area contributed by atoms with Crippen LogP contribution in [0.1, 0.15) is 76.8 Å². The number of hydrogen-bond acceptors (Lipinski definition) is 3. The van der Waals surface area contributed by atoms with Gasteiger partial charge in [0.1, 0.15) is 5.75 Å². The molecule has 0 unspecified atom stereocenters. The van der Waals surface area contributed by atoms with Crippen molar-refractivity contribution in [1.29, 1.82) is 0 Å². The number of hydrogen-bond donors (Lipinski definition) is 2. The first-order chi connectivity index (χ1) is 14.2. The summed E-state index contributed by atoms with van der Waals surface area (Å²) in [6, 6.07) is 14.6. The largest absolute Gasteiger partial charge is 0.508 e. The molecule has 29 heavy (non-hydrogen) atoms. The number of rotatable bonds is 14. The molecule has 0 spiro atoms. The van der Waals surface area contributed by atoms with Crippen LogP contribution < -0.4 is 10.2 Å². The highest BCUT2D eigenvalue weighted by molar-refractivity contribution is 5.55. The van der Waals surface area contributed by atoms with Crippen LogP contribution in [0.25, 0.3) is 0 Å². The zero-order chi connectivity index (χ0) is 20.9. The summed E-state index contributed by atoms with van der Waals surface area (Å²) in [7, 11) is 0. The molecular formula is C26H40N2O. The molecule has 3 nitrogen and oxygen atoms in total. The SMILES string of the molecule is CCCCCCCCCc1ccc(O)c(CNc2ccc(N(CC)CC)cc2)c1. The maximum absolute atomic E-state index is 10.2. The number of benzene rings is 2. The number of nitrogens with one attached hydrogen (secondary N) is 1. The van der Waals surface area contributed by atoms with Gasteiger partial charge in [0.2, 0.25) is 0 Å². The molecule has 0 radical (unpaired) electrons. The van der Waals surface area contributed by atoms with E-state index in [1.165, 1.54) is 56.2 Å². The molecule has 0 atom stereocenters. The van der Waals surface area contributed by atoms with Crippen LogP contribution in [-0.2, 0) is 13.0 Å². The van der Waals surface area contributed by atoms with Crippen LogP contribution in [0.3, 0.4) is 0 Å². The van der Waals surface area contributed by atoms with Gasteiger partial charge in [-0.1, -0.05) is 57.6 Å². The molecule has 2 aromatic rings. The van der Waals surface area contributed by atoms with Gasteiger partial charge >= 0.3 is 0 Å². The van der Waals surface area contributed by atoms with E-state index in [9.17, 15) is 5.11 Å². The van der Waals surface area contributed by atoms with Crippen LogP contribution in [0.4, 0.5) is 11.4 Å². The van der Waals surface area contributed by atoms with Crippen molar-refractivity contribution in [3.63, 3.8) is 0 Å². The van der Waals surface area contributed by atoms with Gasteiger partial charge in [-0.05, 0) is 62.6 Å². The lowest BCUT2D eigenvalue weighted by Crippen LogP contribution is -2.21. The van der Waals surface area contributed by atoms with Gasteiger partial charge in [-0.25, -0.2) is 0 Å². The Hall–Kier alpha value is -2.16. The van der Waals surface area contributed by atoms with Crippen LogP contribution in [0.2, 0.25) is 0 Å². The summed E-state index contributed by atoms with van der Waals surface area (Å²) < 4.78 is 0. The second-order valence-electron chi connectivity index (χ2n) is 7.91. The summed E-state index contributed by atoms with van der Waals surface area (Å²) in [4.78, 5) is 2.34. The van der Waals surface area contributed by atoms with Crippen molar-refractivity contribution in [2.45, 2.75) is 78.7 Å². The van der Waals surface area contributed by atoms with Gasteiger partial charge in [0.25, 0.3) is 0 Å². The van der Waals surface area contributed by atoms with Crippen molar-refractivity contribution in [2.75, 3.05) is 23.3 Å². The molecule has 0 aromatic heterocycles. The fraction of sp³-hybridized carbons (Fsp3) is 0.538. The highest BCUT2D eigenvalue weighted by Gasteiger charge is 2.05. The third-order valence-electron chi connectivity index (χ3n) is 5.69. The van der Waals surface area contributed by atoms with Crippen LogP contribution in [0.5, 0.6) is 5.75 Å². The van der Waals surface area contributed by atoms with Gasteiger partial charge in [-0.3, -0.25) is 0 Å². The molecule has 0 fully saturated rings. The van der Waals surface area contributed by atoms with Crippen molar-refractivity contribution >= 4 is 11.4 Å². The molecular weight excluding hydrogens is 356 g/mol. The van der Waals surface area contributed by atoms with Crippen LogP contribution in [0, 0.1) is 0 Å². The molecule has 0 saturated carbocycles. The summed E-state index contributed by atoms with van der Waals surface area (Å²) >= 11 is 0. The monoisotopic (exact) mass is 396 g/mol. The molecule has 2 N–H and O–H groups in total. The van der Waals surface area contributed by atoms with E-state index in [1.807, 2.05) is 6.07 Å². The van der Waals surface area contributed by atoms with Gasteiger partial charge in [0.15, 0.2) is 0 Å². The summed E-state index contributed by atoms with van der Waals surface area (Å²) in [6.07, 6.45) is 10.4. The van der Waals surface area contributed by atoms with E-state index >= 15 is 0 Å². The maximum Gasteiger partial charge on any atom is 0.120 e. The number of aryl methyl sites for hydroxylation is 1. The van der Waals surface area contributed by atoms with Gasteiger partial charge in [0.05, 0.1) is 0 Å². The molecule has 2 rings (SSSR count). The van der Waals surface area contributed by atoms with Crippen molar-refractivity contribution < 1.29 is 5.11 Å². The van der Waals surface area contributed by atoms with E-state index < -0.39 is 0 Å². The predicted molar refractivity (Wildman–Crippen MR) is 127 cm³/mol. The first-order valence-electron chi connectivity index (χ1n) is 11.6.